The first-order chi connectivity index (χ1) is 14.4. The lowest BCUT2D eigenvalue weighted by Crippen LogP contribution is -2.50. The summed E-state index contributed by atoms with van der Waals surface area (Å²) in [5.74, 6) is -0.150. The lowest BCUT2D eigenvalue weighted by atomic mass is 9.85. The largest absolute Gasteiger partial charge is 0.336 e. The molecule has 0 spiro atoms. The van der Waals surface area contributed by atoms with Gasteiger partial charge in [-0.05, 0) is 60.2 Å². The van der Waals surface area contributed by atoms with Crippen LogP contribution in [0, 0.1) is 25.2 Å². The van der Waals surface area contributed by atoms with Gasteiger partial charge in [0.1, 0.15) is 0 Å². The Kier molecular flexibility index (Phi) is 6.26. The van der Waals surface area contributed by atoms with Crippen LogP contribution in [0.2, 0.25) is 0 Å². The predicted octanol–water partition coefficient (Wildman–Crippen LogP) is 3.62. The molecule has 1 fully saturated rings. The fourth-order valence-corrected chi connectivity index (χ4v) is 5.75. The minimum atomic E-state index is -3.65. The van der Waals surface area contributed by atoms with E-state index in [4.69, 9.17) is 5.26 Å². The number of rotatable bonds is 3. The minimum absolute atomic E-state index is 0.0603. The molecule has 6 nitrogen and oxygen atoms in total. The summed E-state index contributed by atoms with van der Waals surface area (Å²) in [5.41, 5.74) is 3.55. The molecule has 0 unspecified atom stereocenters. The average Bonchev–Trinajstić information content (AvgIpc) is 2.72. The zero-order valence-corrected chi connectivity index (χ0v) is 19.6. The van der Waals surface area contributed by atoms with E-state index in [0.29, 0.717) is 29.1 Å². The van der Waals surface area contributed by atoms with Gasteiger partial charge in [0.25, 0.3) is 5.91 Å². The molecule has 1 aliphatic rings. The second-order valence-corrected chi connectivity index (χ2v) is 10.9. The SMILES string of the molecule is Cc1cc(C(C)(C)C)cc(C)c1S(=O)(=O)N1CCN(C(=O)c2ccc(C#N)cc2)CC1. The molecule has 31 heavy (non-hydrogen) atoms. The van der Waals surface area contributed by atoms with Gasteiger partial charge < -0.3 is 4.90 Å². The van der Waals surface area contributed by atoms with Crippen LogP contribution < -0.4 is 0 Å². The van der Waals surface area contributed by atoms with Crippen molar-refractivity contribution < 1.29 is 13.2 Å². The van der Waals surface area contributed by atoms with E-state index in [1.165, 1.54) is 4.31 Å². The van der Waals surface area contributed by atoms with Crippen LogP contribution >= 0.6 is 0 Å². The van der Waals surface area contributed by atoms with Gasteiger partial charge in [0.2, 0.25) is 10.0 Å². The van der Waals surface area contributed by atoms with Gasteiger partial charge in [-0.2, -0.15) is 9.57 Å². The summed E-state index contributed by atoms with van der Waals surface area (Å²) in [5, 5.41) is 8.90. The maximum Gasteiger partial charge on any atom is 0.253 e. The Morgan fingerprint density at radius 2 is 1.48 bits per heavy atom. The van der Waals surface area contributed by atoms with Gasteiger partial charge in [0, 0.05) is 31.7 Å². The first-order valence-corrected chi connectivity index (χ1v) is 11.8. The molecule has 1 heterocycles. The van der Waals surface area contributed by atoms with Crippen molar-refractivity contribution in [2.24, 2.45) is 0 Å². The molecule has 0 aliphatic carbocycles. The fraction of sp³-hybridized carbons (Fsp3) is 0.417. The van der Waals surface area contributed by atoms with Crippen molar-refractivity contribution >= 4 is 15.9 Å². The van der Waals surface area contributed by atoms with Crippen molar-refractivity contribution in [3.8, 4) is 6.07 Å². The van der Waals surface area contributed by atoms with Gasteiger partial charge in [-0.1, -0.05) is 32.9 Å². The van der Waals surface area contributed by atoms with Gasteiger partial charge in [0.05, 0.1) is 16.5 Å². The molecule has 1 saturated heterocycles. The molecule has 7 heteroatoms. The van der Waals surface area contributed by atoms with Gasteiger partial charge in [0.15, 0.2) is 0 Å². The van der Waals surface area contributed by atoms with E-state index in [-0.39, 0.29) is 24.4 Å². The predicted molar refractivity (Wildman–Crippen MR) is 120 cm³/mol. The summed E-state index contributed by atoms with van der Waals surface area (Å²) in [7, 11) is -3.65. The number of hydrogen-bond donors (Lipinski definition) is 0. The zero-order valence-electron chi connectivity index (χ0n) is 18.8. The van der Waals surface area contributed by atoms with Gasteiger partial charge in [-0.15, -0.1) is 0 Å². The number of nitrogens with zero attached hydrogens (tertiary/aromatic N) is 3. The number of nitriles is 1. The van der Waals surface area contributed by atoms with Gasteiger partial charge in [-0.25, -0.2) is 8.42 Å². The van der Waals surface area contributed by atoms with E-state index in [0.717, 1.165) is 16.7 Å². The summed E-state index contributed by atoms with van der Waals surface area (Å²) in [4.78, 5) is 14.8. The highest BCUT2D eigenvalue weighted by atomic mass is 32.2. The van der Waals surface area contributed by atoms with Crippen LogP contribution in [0.4, 0.5) is 0 Å². The van der Waals surface area contributed by atoms with E-state index >= 15 is 0 Å². The molecule has 164 valence electrons. The first kappa shape index (κ1) is 23.0. The number of carbonyl (C=O) groups is 1. The third kappa shape index (κ3) is 4.65. The molecule has 0 N–H and O–H groups in total. The zero-order chi connectivity index (χ0) is 23.0. The number of carbonyl (C=O) groups excluding carboxylic acids is 1. The van der Waals surface area contributed by atoms with Gasteiger partial charge >= 0.3 is 0 Å². The highest BCUT2D eigenvalue weighted by Gasteiger charge is 2.33. The molecule has 1 amide bonds. The third-order valence-electron chi connectivity index (χ3n) is 5.71. The first-order valence-electron chi connectivity index (χ1n) is 10.4. The second-order valence-electron chi connectivity index (χ2n) is 9.07. The average molecular weight is 440 g/mol. The third-order valence-corrected chi connectivity index (χ3v) is 7.92. The number of benzene rings is 2. The van der Waals surface area contributed by atoms with Crippen molar-refractivity contribution in [2.75, 3.05) is 26.2 Å². The smallest absolute Gasteiger partial charge is 0.253 e. The fourth-order valence-electron chi connectivity index (χ4n) is 3.92. The van der Waals surface area contributed by atoms with E-state index < -0.39 is 10.0 Å². The van der Waals surface area contributed by atoms with Crippen molar-refractivity contribution in [2.45, 2.75) is 44.9 Å². The summed E-state index contributed by atoms with van der Waals surface area (Å²) >= 11 is 0. The summed E-state index contributed by atoms with van der Waals surface area (Å²) in [6.45, 7) is 11.2. The van der Waals surface area contributed by atoms with Crippen molar-refractivity contribution in [3.63, 3.8) is 0 Å². The van der Waals surface area contributed by atoms with E-state index in [9.17, 15) is 13.2 Å². The quantitative estimate of drug-likeness (QED) is 0.731. The molecular formula is C24H29N3O3S. The van der Waals surface area contributed by atoms with Crippen molar-refractivity contribution in [1.29, 1.82) is 5.26 Å². The highest BCUT2D eigenvalue weighted by molar-refractivity contribution is 7.89. The summed E-state index contributed by atoms with van der Waals surface area (Å²) in [6.07, 6.45) is 0. The Bertz CT molecular complexity index is 1110. The Balaban J connectivity index is 1.77. The Labute approximate surface area is 185 Å². The molecule has 0 atom stereocenters. The van der Waals surface area contributed by atoms with Crippen molar-refractivity contribution in [3.05, 3.63) is 64.2 Å². The highest BCUT2D eigenvalue weighted by Crippen LogP contribution is 2.31. The second kappa shape index (κ2) is 8.45. The lowest BCUT2D eigenvalue weighted by Gasteiger charge is -2.35. The van der Waals surface area contributed by atoms with E-state index in [1.807, 2.05) is 32.0 Å². The van der Waals surface area contributed by atoms with Crippen LogP contribution in [-0.4, -0.2) is 49.7 Å². The van der Waals surface area contributed by atoms with Crippen LogP contribution in [0.15, 0.2) is 41.3 Å². The van der Waals surface area contributed by atoms with Crippen LogP contribution in [0.5, 0.6) is 0 Å². The molecule has 3 rings (SSSR count). The molecule has 2 aromatic carbocycles. The molecule has 0 saturated carbocycles. The van der Waals surface area contributed by atoms with Crippen LogP contribution in [0.3, 0.4) is 0 Å². The number of sulfonamides is 1. The maximum absolute atomic E-state index is 13.4. The van der Waals surface area contributed by atoms with E-state index in [1.54, 1.807) is 29.2 Å². The monoisotopic (exact) mass is 439 g/mol. The molecular weight excluding hydrogens is 410 g/mol. The topological polar surface area (TPSA) is 81.5 Å². The van der Waals surface area contributed by atoms with E-state index in [2.05, 4.69) is 20.8 Å². The Hall–Kier alpha value is -2.69. The molecule has 0 radical (unpaired) electrons. The molecule has 1 aliphatic heterocycles. The molecule has 2 aromatic rings. The number of hydrogen-bond acceptors (Lipinski definition) is 4. The Morgan fingerprint density at radius 3 is 1.94 bits per heavy atom. The number of aryl methyl sites for hydroxylation is 2. The van der Waals surface area contributed by atoms with Gasteiger partial charge in [-0.3, -0.25) is 4.79 Å². The molecule has 0 aromatic heterocycles. The Morgan fingerprint density at radius 1 is 0.968 bits per heavy atom. The maximum atomic E-state index is 13.4. The normalized spacial score (nSPS) is 15.5. The van der Waals surface area contributed by atoms with Crippen molar-refractivity contribution in [1.82, 2.24) is 9.21 Å². The summed E-state index contributed by atoms with van der Waals surface area (Å²) in [6, 6.07) is 12.4. The molecule has 0 bridgehead atoms. The van der Waals surface area contributed by atoms with Crippen LogP contribution in [0.25, 0.3) is 0 Å². The number of piperazine rings is 1. The van der Waals surface area contributed by atoms with Crippen LogP contribution in [-0.2, 0) is 15.4 Å². The number of amides is 1. The minimum Gasteiger partial charge on any atom is -0.336 e. The summed E-state index contributed by atoms with van der Waals surface area (Å²) < 4.78 is 28.3. The standard InChI is InChI=1S/C24H29N3O3S/c1-17-14-21(24(3,4)5)15-18(2)22(17)31(29,30)27-12-10-26(11-13-27)23(28)20-8-6-19(16-25)7-9-20/h6-9,14-15H,10-13H2,1-5H3. The lowest BCUT2D eigenvalue weighted by molar-refractivity contribution is 0.0698. The van der Waals surface area contributed by atoms with Crippen LogP contribution in [0.1, 0.15) is 53.4 Å².